The van der Waals surface area contributed by atoms with Crippen molar-refractivity contribution < 1.29 is 13.9 Å². The lowest BCUT2D eigenvalue weighted by molar-refractivity contribution is 0.0251. The Labute approximate surface area is 101 Å². The summed E-state index contributed by atoms with van der Waals surface area (Å²) in [6, 6.07) is 3.42. The number of hydrogen-bond acceptors (Lipinski definition) is 4. The van der Waals surface area contributed by atoms with Crippen molar-refractivity contribution in [3.63, 3.8) is 0 Å². The maximum atomic E-state index is 12.1. The number of hydrogen-bond donors (Lipinski definition) is 1. The van der Waals surface area contributed by atoms with Crippen LogP contribution in [0, 0.1) is 0 Å². The van der Waals surface area contributed by atoms with E-state index in [-0.39, 0.29) is 12.0 Å². The molecule has 5 nitrogen and oxygen atoms in total. The number of likely N-dealkylation sites (tertiary alicyclic amines) is 1. The van der Waals surface area contributed by atoms with Gasteiger partial charge in [-0.1, -0.05) is 0 Å². The largest absolute Gasteiger partial charge is 0.455 e. The second-order valence-electron chi connectivity index (χ2n) is 4.22. The fraction of sp³-hybridized carbons (Fsp3) is 0.583. The van der Waals surface area contributed by atoms with Gasteiger partial charge >= 0.3 is 0 Å². The standard InChI is InChI=1S/C12H18N2O3/c1-16-10-3-2-6-14(8-10)12(15)11-5-4-9(7-13)17-11/h4-5,10H,2-3,6-8,13H2,1H3/t10-/m1/s1. The van der Waals surface area contributed by atoms with E-state index >= 15 is 0 Å². The predicted octanol–water partition coefficient (Wildman–Crippen LogP) is 0.989. The normalized spacial score (nSPS) is 20.6. The van der Waals surface area contributed by atoms with Gasteiger partial charge in [-0.25, -0.2) is 0 Å². The van der Waals surface area contributed by atoms with Crippen molar-refractivity contribution in [2.45, 2.75) is 25.5 Å². The zero-order valence-electron chi connectivity index (χ0n) is 10.0. The van der Waals surface area contributed by atoms with Gasteiger partial charge in [-0.3, -0.25) is 4.79 Å². The van der Waals surface area contributed by atoms with Gasteiger partial charge in [-0.2, -0.15) is 0 Å². The molecule has 1 fully saturated rings. The Morgan fingerprint density at radius 1 is 1.65 bits per heavy atom. The number of carbonyl (C=O) groups excluding carboxylic acids is 1. The molecular weight excluding hydrogens is 220 g/mol. The highest BCUT2D eigenvalue weighted by Crippen LogP contribution is 2.17. The fourth-order valence-corrected chi connectivity index (χ4v) is 2.07. The first kappa shape index (κ1) is 12.1. The summed E-state index contributed by atoms with van der Waals surface area (Å²) in [4.78, 5) is 13.9. The van der Waals surface area contributed by atoms with Crippen LogP contribution in [0.5, 0.6) is 0 Å². The topological polar surface area (TPSA) is 68.7 Å². The number of amides is 1. The molecular formula is C12H18N2O3. The number of furan rings is 1. The van der Waals surface area contributed by atoms with E-state index in [1.165, 1.54) is 0 Å². The van der Waals surface area contributed by atoms with Crippen molar-refractivity contribution in [1.82, 2.24) is 4.90 Å². The van der Waals surface area contributed by atoms with Crippen molar-refractivity contribution in [1.29, 1.82) is 0 Å². The lowest BCUT2D eigenvalue weighted by Gasteiger charge is -2.31. The quantitative estimate of drug-likeness (QED) is 0.852. The van der Waals surface area contributed by atoms with Gasteiger partial charge in [0.15, 0.2) is 5.76 Å². The van der Waals surface area contributed by atoms with Crippen LogP contribution in [0.25, 0.3) is 0 Å². The number of carbonyl (C=O) groups is 1. The van der Waals surface area contributed by atoms with Gasteiger partial charge in [0.05, 0.1) is 12.6 Å². The summed E-state index contributed by atoms with van der Waals surface area (Å²) in [6.45, 7) is 1.71. The fourth-order valence-electron chi connectivity index (χ4n) is 2.07. The zero-order chi connectivity index (χ0) is 12.3. The molecule has 0 unspecified atom stereocenters. The van der Waals surface area contributed by atoms with Crippen LogP contribution in [0.15, 0.2) is 16.5 Å². The van der Waals surface area contributed by atoms with Gasteiger partial charge in [-0.05, 0) is 25.0 Å². The summed E-state index contributed by atoms with van der Waals surface area (Å²) in [5.74, 6) is 0.919. The highest BCUT2D eigenvalue weighted by atomic mass is 16.5. The second-order valence-corrected chi connectivity index (χ2v) is 4.22. The number of ether oxygens (including phenoxy) is 1. The van der Waals surface area contributed by atoms with Crippen LogP contribution in [0.4, 0.5) is 0 Å². The summed E-state index contributed by atoms with van der Waals surface area (Å²) in [5, 5.41) is 0. The molecule has 17 heavy (non-hydrogen) atoms. The highest BCUT2D eigenvalue weighted by molar-refractivity contribution is 5.91. The van der Waals surface area contributed by atoms with Crippen molar-refractivity contribution in [3.05, 3.63) is 23.7 Å². The number of methoxy groups -OCH3 is 1. The molecule has 1 aromatic rings. The minimum atomic E-state index is -0.0774. The van der Waals surface area contributed by atoms with E-state index in [9.17, 15) is 4.79 Å². The zero-order valence-corrected chi connectivity index (χ0v) is 10.0. The average Bonchev–Trinajstić information content (AvgIpc) is 2.86. The van der Waals surface area contributed by atoms with Crippen LogP contribution in [0.3, 0.4) is 0 Å². The lowest BCUT2D eigenvalue weighted by atomic mass is 10.1. The molecule has 1 aromatic heterocycles. The van der Waals surface area contributed by atoms with Gasteiger partial charge in [0.1, 0.15) is 5.76 Å². The van der Waals surface area contributed by atoms with Crippen molar-refractivity contribution in [2.75, 3.05) is 20.2 Å². The molecule has 1 aliphatic rings. The second kappa shape index (κ2) is 5.33. The third-order valence-corrected chi connectivity index (χ3v) is 3.07. The predicted molar refractivity (Wildman–Crippen MR) is 62.5 cm³/mol. The van der Waals surface area contributed by atoms with E-state index in [1.54, 1.807) is 24.1 Å². The third-order valence-electron chi connectivity index (χ3n) is 3.07. The molecule has 0 radical (unpaired) electrons. The molecule has 2 rings (SSSR count). The molecule has 0 aromatic carbocycles. The first-order valence-corrected chi connectivity index (χ1v) is 5.85. The van der Waals surface area contributed by atoms with E-state index in [1.807, 2.05) is 0 Å². The van der Waals surface area contributed by atoms with Crippen molar-refractivity contribution in [3.8, 4) is 0 Å². The summed E-state index contributed by atoms with van der Waals surface area (Å²) in [6.07, 6.45) is 2.11. The molecule has 1 aliphatic heterocycles. The van der Waals surface area contributed by atoms with E-state index in [0.717, 1.165) is 19.4 Å². The van der Waals surface area contributed by atoms with Crippen LogP contribution in [-0.2, 0) is 11.3 Å². The Bertz CT molecular complexity index is 389. The summed E-state index contributed by atoms with van der Waals surface area (Å²) in [5.41, 5.74) is 5.45. The van der Waals surface area contributed by atoms with Gasteiger partial charge in [0, 0.05) is 20.2 Å². The van der Waals surface area contributed by atoms with Gasteiger partial charge in [0.2, 0.25) is 0 Å². The SMILES string of the molecule is CO[C@@H]1CCCN(C(=O)c2ccc(CN)o2)C1. The molecule has 0 saturated carbocycles. The Morgan fingerprint density at radius 2 is 2.47 bits per heavy atom. The molecule has 0 aliphatic carbocycles. The maximum absolute atomic E-state index is 12.1. The Hall–Kier alpha value is -1.33. The first-order chi connectivity index (χ1) is 8.24. The van der Waals surface area contributed by atoms with E-state index in [0.29, 0.717) is 24.6 Å². The summed E-state index contributed by atoms with van der Waals surface area (Å²) < 4.78 is 10.6. The van der Waals surface area contributed by atoms with Crippen molar-refractivity contribution >= 4 is 5.91 Å². The Balaban J connectivity index is 2.03. The molecule has 0 bridgehead atoms. The molecule has 1 saturated heterocycles. The van der Waals surface area contributed by atoms with E-state index in [2.05, 4.69) is 0 Å². The van der Waals surface area contributed by atoms with Crippen LogP contribution in [0.1, 0.15) is 29.2 Å². The number of nitrogens with zero attached hydrogens (tertiary/aromatic N) is 1. The number of nitrogens with two attached hydrogens (primary N) is 1. The third kappa shape index (κ3) is 2.68. The number of rotatable bonds is 3. The Morgan fingerprint density at radius 3 is 3.12 bits per heavy atom. The van der Waals surface area contributed by atoms with E-state index < -0.39 is 0 Å². The van der Waals surface area contributed by atoms with E-state index in [4.69, 9.17) is 14.9 Å². The summed E-state index contributed by atoms with van der Waals surface area (Å²) >= 11 is 0. The smallest absolute Gasteiger partial charge is 0.289 e. The van der Waals surface area contributed by atoms with Crippen LogP contribution in [-0.4, -0.2) is 37.1 Å². The number of piperidine rings is 1. The van der Waals surface area contributed by atoms with Crippen LogP contribution < -0.4 is 5.73 Å². The molecule has 5 heteroatoms. The monoisotopic (exact) mass is 238 g/mol. The minimum absolute atomic E-state index is 0.0774. The molecule has 1 amide bonds. The maximum Gasteiger partial charge on any atom is 0.289 e. The van der Waals surface area contributed by atoms with Gasteiger partial charge in [0.25, 0.3) is 5.91 Å². The molecule has 2 N–H and O–H groups in total. The average molecular weight is 238 g/mol. The van der Waals surface area contributed by atoms with Crippen LogP contribution >= 0.6 is 0 Å². The van der Waals surface area contributed by atoms with Crippen LogP contribution in [0.2, 0.25) is 0 Å². The molecule has 1 atom stereocenters. The first-order valence-electron chi connectivity index (χ1n) is 5.85. The van der Waals surface area contributed by atoms with Gasteiger partial charge < -0.3 is 19.8 Å². The van der Waals surface area contributed by atoms with Crippen molar-refractivity contribution in [2.24, 2.45) is 5.73 Å². The van der Waals surface area contributed by atoms with Gasteiger partial charge in [-0.15, -0.1) is 0 Å². The lowest BCUT2D eigenvalue weighted by Crippen LogP contribution is -2.42. The molecule has 2 heterocycles. The highest BCUT2D eigenvalue weighted by Gasteiger charge is 2.25. The minimum Gasteiger partial charge on any atom is -0.455 e. The Kier molecular flexibility index (Phi) is 3.81. The summed E-state index contributed by atoms with van der Waals surface area (Å²) in [7, 11) is 1.68. The molecule has 0 spiro atoms. The molecule has 94 valence electrons.